The van der Waals surface area contributed by atoms with Crippen LogP contribution in [0.25, 0.3) is 0 Å². The standard InChI is InChI=1S/C15H13BrN2O3S/c16-11-5-2-1-4-10(11)15(21)18-17-14(20)8-7-12(19)13-6-3-9-22-13/h1-6,9H,7-8H2,(H,17,20)(H,18,21). The number of hydrazine groups is 1. The zero-order chi connectivity index (χ0) is 15.9. The molecule has 1 heterocycles. The Morgan fingerprint density at radius 2 is 1.77 bits per heavy atom. The van der Waals surface area contributed by atoms with Crippen LogP contribution in [-0.4, -0.2) is 17.6 Å². The van der Waals surface area contributed by atoms with Gasteiger partial charge in [-0.05, 0) is 39.5 Å². The molecule has 5 nitrogen and oxygen atoms in total. The minimum atomic E-state index is -0.426. The van der Waals surface area contributed by atoms with E-state index in [9.17, 15) is 14.4 Å². The van der Waals surface area contributed by atoms with Crippen LogP contribution in [0.3, 0.4) is 0 Å². The van der Waals surface area contributed by atoms with Gasteiger partial charge in [-0.15, -0.1) is 11.3 Å². The van der Waals surface area contributed by atoms with Gasteiger partial charge < -0.3 is 0 Å². The second-order valence-corrected chi connectivity index (χ2v) is 6.18. The Kier molecular flexibility index (Phi) is 5.85. The first-order chi connectivity index (χ1) is 10.6. The van der Waals surface area contributed by atoms with Gasteiger partial charge in [0.25, 0.3) is 5.91 Å². The molecule has 0 spiro atoms. The van der Waals surface area contributed by atoms with Crippen LogP contribution in [0, 0.1) is 0 Å². The molecule has 0 unspecified atom stereocenters. The maximum atomic E-state index is 11.9. The summed E-state index contributed by atoms with van der Waals surface area (Å²) in [4.78, 5) is 35.9. The van der Waals surface area contributed by atoms with E-state index < -0.39 is 11.8 Å². The molecule has 0 atom stereocenters. The van der Waals surface area contributed by atoms with Crippen LogP contribution in [0.4, 0.5) is 0 Å². The van der Waals surface area contributed by atoms with Crippen molar-refractivity contribution in [3.63, 3.8) is 0 Å². The van der Waals surface area contributed by atoms with Gasteiger partial charge in [0.05, 0.1) is 10.4 Å². The van der Waals surface area contributed by atoms with Gasteiger partial charge in [-0.25, -0.2) is 0 Å². The van der Waals surface area contributed by atoms with Crippen molar-refractivity contribution in [2.24, 2.45) is 0 Å². The number of Topliss-reactive ketones (excluding diaryl/α,β-unsaturated/α-hetero) is 1. The number of hydrogen-bond acceptors (Lipinski definition) is 4. The SMILES string of the molecule is O=C(CCC(=O)c1cccs1)NNC(=O)c1ccccc1Br. The van der Waals surface area contributed by atoms with E-state index in [0.717, 1.165) is 0 Å². The van der Waals surface area contributed by atoms with Crippen molar-refractivity contribution in [1.29, 1.82) is 0 Å². The normalized spacial score (nSPS) is 10.0. The maximum absolute atomic E-state index is 11.9. The highest BCUT2D eigenvalue weighted by Gasteiger charge is 2.12. The molecule has 0 saturated heterocycles. The number of hydrogen-bond donors (Lipinski definition) is 2. The molecule has 1 aromatic carbocycles. The summed E-state index contributed by atoms with van der Waals surface area (Å²) in [5, 5.41) is 1.81. The number of halogens is 1. The molecule has 22 heavy (non-hydrogen) atoms. The smallest absolute Gasteiger partial charge is 0.270 e. The summed E-state index contributed by atoms with van der Waals surface area (Å²) in [6.07, 6.45) is 0.129. The molecule has 114 valence electrons. The molecule has 1 aromatic heterocycles. The Bertz CT molecular complexity index is 686. The fourth-order valence-electron chi connectivity index (χ4n) is 1.69. The zero-order valence-corrected chi connectivity index (χ0v) is 13.9. The topological polar surface area (TPSA) is 75.3 Å². The number of thiophene rings is 1. The summed E-state index contributed by atoms with van der Waals surface area (Å²) in [7, 11) is 0. The van der Waals surface area contributed by atoms with Crippen molar-refractivity contribution in [3.8, 4) is 0 Å². The molecule has 0 aliphatic heterocycles. The van der Waals surface area contributed by atoms with E-state index in [-0.39, 0.29) is 18.6 Å². The highest BCUT2D eigenvalue weighted by atomic mass is 79.9. The van der Waals surface area contributed by atoms with Gasteiger partial charge in [-0.3, -0.25) is 25.2 Å². The second kappa shape index (κ2) is 7.86. The molecule has 0 fully saturated rings. The Labute approximate surface area is 139 Å². The first-order valence-electron chi connectivity index (χ1n) is 6.48. The van der Waals surface area contributed by atoms with E-state index in [1.165, 1.54) is 11.3 Å². The van der Waals surface area contributed by atoms with E-state index in [1.54, 1.807) is 36.4 Å². The molecule has 0 bridgehead atoms. The van der Waals surface area contributed by atoms with Crippen LogP contribution in [0.5, 0.6) is 0 Å². The first-order valence-corrected chi connectivity index (χ1v) is 8.15. The molecular weight excluding hydrogens is 368 g/mol. The van der Waals surface area contributed by atoms with Gasteiger partial charge in [0.15, 0.2) is 5.78 Å². The molecular formula is C15H13BrN2O3S. The lowest BCUT2D eigenvalue weighted by atomic mass is 10.2. The predicted octanol–water partition coefficient (Wildman–Crippen LogP) is 2.93. The van der Waals surface area contributed by atoms with E-state index >= 15 is 0 Å². The molecule has 2 aromatic rings. The lowest BCUT2D eigenvalue weighted by molar-refractivity contribution is -0.121. The van der Waals surface area contributed by atoms with Crippen molar-refractivity contribution in [3.05, 3.63) is 56.7 Å². The number of ketones is 1. The largest absolute Gasteiger partial charge is 0.293 e. The van der Waals surface area contributed by atoms with E-state index in [1.807, 2.05) is 5.38 Å². The lowest BCUT2D eigenvalue weighted by Crippen LogP contribution is -2.41. The van der Waals surface area contributed by atoms with Gasteiger partial charge in [0.1, 0.15) is 0 Å². The van der Waals surface area contributed by atoms with Crippen LogP contribution in [-0.2, 0) is 4.79 Å². The van der Waals surface area contributed by atoms with Crippen molar-refractivity contribution in [2.75, 3.05) is 0 Å². The molecule has 0 saturated carbocycles. The molecule has 0 aliphatic rings. The monoisotopic (exact) mass is 380 g/mol. The number of amides is 2. The molecule has 0 radical (unpaired) electrons. The number of rotatable bonds is 5. The summed E-state index contributed by atoms with van der Waals surface area (Å²) < 4.78 is 0.634. The average molecular weight is 381 g/mol. The zero-order valence-electron chi connectivity index (χ0n) is 11.5. The van der Waals surface area contributed by atoms with Crippen molar-refractivity contribution in [2.45, 2.75) is 12.8 Å². The van der Waals surface area contributed by atoms with E-state index in [4.69, 9.17) is 0 Å². The van der Waals surface area contributed by atoms with Gasteiger partial charge in [0.2, 0.25) is 5.91 Å². The minimum absolute atomic E-state index is 0.0208. The van der Waals surface area contributed by atoms with Crippen LogP contribution >= 0.6 is 27.3 Å². The Morgan fingerprint density at radius 3 is 2.45 bits per heavy atom. The van der Waals surface area contributed by atoms with E-state index in [0.29, 0.717) is 14.9 Å². The van der Waals surface area contributed by atoms with Crippen LogP contribution in [0.1, 0.15) is 32.9 Å². The van der Waals surface area contributed by atoms with E-state index in [2.05, 4.69) is 26.8 Å². The van der Waals surface area contributed by atoms with Crippen LogP contribution < -0.4 is 10.9 Å². The lowest BCUT2D eigenvalue weighted by Gasteiger charge is -2.08. The summed E-state index contributed by atoms with van der Waals surface area (Å²) >= 11 is 4.60. The quantitative estimate of drug-likeness (QED) is 0.618. The van der Waals surface area contributed by atoms with Crippen molar-refractivity contribution in [1.82, 2.24) is 10.9 Å². The maximum Gasteiger partial charge on any atom is 0.270 e. The molecule has 2 rings (SSSR count). The third-order valence-corrected chi connectivity index (χ3v) is 4.41. The number of carbonyl (C=O) groups excluding carboxylic acids is 3. The highest BCUT2D eigenvalue weighted by molar-refractivity contribution is 9.10. The minimum Gasteiger partial charge on any atom is -0.293 e. The summed E-state index contributed by atoms with van der Waals surface area (Å²) in [6.45, 7) is 0. The summed E-state index contributed by atoms with van der Waals surface area (Å²) in [5.41, 5.74) is 5.04. The summed E-state index contributed by atoms with van der Waals surface area (Å²) in [6, 6.07) is 10.4. The van der Waals surface area contributed by atoms with Gasteiger partial charge >= 0.3 is 0 Å². The average Bonchev–Trinajstić information content (AvgIpc) is 3.05. The first kappa shape index (κ1) is 16.4. The van der Waals surface area contributed by atoms with Crippen LogP contribution in [0.15, 0.2) is 46.3 Å². The number of carbonyl (C=O) groups is 3. The van der Waals surface area contributed by atoms with Crippen molar-refractivity contribution >= 4 is 44.9 Å². The second-order valence-electron chi connectivity index (χ2n) is 4.38. The Balaban J connectivity index is 1.77. The number of benzene rings is 1. The Hall–Kier alpha value is -1.99. The fourth-order valence-corrected chi connectivity index (χ4v) is 2.85. The molecule has 2 N–H and O–H groups in total. The Morgan fingerprint density at radius 1 is 1.00 bits per heavy atom. The third kappa shape index (κ3) is 4.51. The van der Waals surface area contributed by atoms with Crippen LogP contribution in [0.2, 0.25) is 0 Å². The van der Waals surface area contributed by atoms with Gasteiger partial charge in [-0.2, -0.15) is 0 Å². The predicted molar refractivity (Wildman–Crippen MR) is 87.6 cm³/mol. The van der Waals surface area contributed by atoms with Crippen molar-refractivity contribution < 1.29 is 14.4 Å². The molecule has 0 aliphatic carbocycles. The van der Waals surface area contributed by atoms with Gasteiger partial charge in [-0.1, -0.05) is 18.2 Å². The number of nitrogens with one attached hydrogen (secondary N) is 2. The highest BCUT2D eigenvalue weighted by Crippen LogP contribution is 2.15. The summed E-state index contributed by atoms with van der Waals surface area (Å²) in [5.74, 6) is -0.919. The molecule has 2 amide bonds. The third-order valence-electron chi connectivity index (χ3n) is 2.81. The van der Waals surface area contributed by atoms with Gasteiger partial charge in [0, 0.05) is 17.3 Å². The molecule has 7 heteroatoms. The fraction of sp³-hybridized carbons (Fsp3) is 0.133.